The first kappa shape index (κ1) is 19.2. The monoisotopic (exact) mass is 384 g/mol. The Balaban J connectivity index is 1.64. The van der Waals surface area contributed by atoms with Crippen molar-refractivity contribution in [1.29, 1.82) is 0 Å². The summed E-state index contributed by atoms with van der Waals surface area (Å²) in [6.07, 6.45) is -1.19. The van der Waals surface area contributed by atoms with Crippen molar-refractivity contribution < 1.29 is 28.3 Å². The van der Waals surface area contributed by atoms with Crippen LogP contribution in [-0.4, -0.2) is 40.7 Å². The van der Waals surface area contributed by atoms with Crippen molar-refractivity contribution in [3.63, 3.8) is 0 Å². The lowest BCUT2D eigenvalue weighted by atomic mass is 10.1. The van der Waals surface area contributed by atoms with Crippen LogP contribution >= 0.6 is 0 Å². The Morgan fingerprint density at radius 3 is 2.04 bits per heavy atom. The molecule has 1 aliphatic rings. The minimum Gasteiger partial charge on any atom is -0.451 e. The van der Waals surface area contributed by atoms with E-state index >= 15 is 0 Å². The molecule has 1 aliphatic heterocycles. The molecule has 0 bridgehead atoms. The highest BCUT2D eigenvalue weighted by Gasteiger charge is 2.41. The lowest BCUT2D eigenvalue weighted by molar-refractivity contribution is -0.156. The summed E-state index contributed by atoms with van der Waals surface area (Å²) in [5.74, 6) is -3.15. The van der Waals surface area contributed by atoms with E-state index in [-0.39, 0.29) is 11.1 Å². The smallest absolute Gasteiger partial charge is 0.329 e. The van der Waals surface area contributed by atoms with E-state index in [0.717, 1.165) is 4.90 Å². The van der Waals surface area contributed by atoms with Crippen LogP contribution in [0.5, 0.6) is 0 Å². The van der Waals surface area contributed by atoms with Crippen molar-refractivity contribution in [2.24, 2.45) is 0 Å². The first-order valence-corrected chi connectivity index (χ1v) is 8.53. The first-order chi connectivity index (χ1) is 13.3. The number of anilines is 1. The molecule has 1 heterocycles. The van der Waals surface area contributed by atoms with E-state index in [4.69, 9.17) is 4.74 Å². The van der Waals surface area contributed by atoms with Crippen molar-refractivity contribution in [3.8, 4) is 0 Å². The molecule has 0 unspecified atom stereocenters. The molecule has 7 nitrogen and oxygen atoms in total. The Hall–Kier alpha value is -3.55. The minimum atomic E-state index is -1.20. The van der Waals surface area contributed by atoms with Crippen LogP contribution in [0.3, 0.4) is 0 Å². The van der Waals surface area contributed by atoms with Crippen molar-refractivity contribution in [2.75, 3.05) is 5.32 Å². The van der Waals surface area contributed by atoms with Gasteiger partial charge in [-0.3, -0.25) is 19.3 Å². The summed E-state index contributed by atoms with van der Waals surface area (Å²) < 4.78 is 18.0. The fraction of sp³-hybridized carbons (Fsp3) is 0.200. The highest BCUT2D eigenvalue weighted by molar-refractivity contribution is 6.22. The summed E-state index contributed by atoms with van der Waals surface area (Å²) >= 11 is 0. The molecule has 1 N–H and O–H groups in total. The topological polar surface area (TPSA) is 92.8 Å². The predicted octanol–water partition coefficient (Wildman–Crippen LogP) is 2.38. The van der Waals surface area contributed by atoms with Gasteiger partial charge >= 0.3 is 5.97 Å². The highest BCUT2D eigenvalue weighted by atomic mass is 19.1. The summed E-state index contributed by atoms with van der Waals surface area (Å²) in [5, 5.41) is 2.48. The lowest BCUT2D eigenvalue weighted by Crippen LogP contribution is -2.45. The fourth-order valence-electron chi connectivity index (χ4n) is 2.77. The number of halogens is 1. The van der Waals surface area contributed by atoms with Gasteiger partial charge in [-0.05, 0) is 50.2 Å². The van der Waals surface area contributed by atoms with Gasteiger partial charge in [0.1, 0.15) is 11.9 Å². The van der Waals surface area contributed by atoms with Crippen LogP contribution in [0.4, 0.5) is 10.1 Å². The number of hydrogen-bond acceptors (Lipinski definition) is 5. The second kappa shape index (κ2) is 7.59. The largest absolute Gasteiger partial charge is 0.451 e. The number of fused-ring (bicyclic) bond motifs is 1. The van der Waals surface area contributed by atoms with E-state index in [2.05, 4.69) is 5.32 Å². The van der Waals surface area contributed by atoms with Crippen molar-refractivity contribution >= 4 is 29.4 Å². The average molecular weight is 384 g/mol. The number of carbonyl (C=O) groups is 4. The van der Waals surface area contributed by atoms with Gasteiger partial charge in [-0.15, -0.1) is 0 Å². The highest BCUT2D eigenvalue weighted by Crippen LogP contribution is 2.25. The molecule has 0 aromatic heterocycles. The van der Waals surface area contributed by atoms with Gasteiger partial charge in [-0.2, -0.15) is 0 Å². The third-order valence-corrected chi connectivity index (χ3v) is 4.33. The summed E-state index contributed by atoms with van der Waals surface area (Å²) in [4.78, 5) is 50.2. The predicted molar refractivity (Wildman–Crippen MR) is 97.0 cm³/mol. The van der Waals surface area contributed by atoms with Gasteiger partial charge in [-0.1, -0.05) is 12.1 Å². The second-order valence-corrected chi connectivity index (χ2v) is 6.28. The molecule has 2 atom stereocenters. The van der Waals surface area contributed by atoms with Gasteiger partial charge in [0.25, 0.3) is 17.7 Å². The van der Waals surface area contributed by atoms with Crippen molar-refractivity contribution in [2.45, 2.75) is 26.0 Å². The summed E-state index contributed by atoms with van der Waals surface area (Å²) in [6, 6.07) is 10.1. The van der Waals surface area contributed by atoms with Crippen molar-refractivity contribution in [1.82, 2.24) is 4.90 Å². The van der Waals surface area contributed by atoms with Gasteiger partial charge in [0.05, 0.1) is 11.1 Å². The third-order valence-electron chi connectivity index (χ3n) is 4.33. The Labute approximate surface area is 160 Å². The summed E-state index contributed by atoms with van der Waals surface area (Å²) in [7, 11) is 0. The number of rotatable bonds is 5. The van der Waals surface area contributed by atoms with E-state index in [1.54, 1.807) is 12.1 Å². The van der Waals surface area contributed by atoms with E-state index in [1.807, 2.05) is 0 Å². The SMILES string of the molecule is C[C@H](C(=O)O[C@H](C)C(=O)Nc1ccc(F)cc1)N1C(=O)c2ccccc2C1=O. The second-order valence-electron chi connectivity index (χ2n) is 6.28. The Morgan fingerprint density at radius 1 is 0.964 bits per heavy atom. The lowest BCUT2D eigenvalue weighted by Gasteiger charge is -2.22. The molecule has 0 aliphatic carbocycles. The van der Waals surface area contributed by atoms with Crippen LogP contribution in [0.2, 0.25) is 0 Å². The molecule has 144 valence electrons. The standard InChI is InChI=1S/C20H17FN2O5/c1-11(23-18(25)15-5-3-4-6-16(15)19(23)26)20(27)28-12(2)17(24)22-14-9-7-13(21)8-10-14/h3-12H,1-2H3,(H,22,24)/t11-,12-/m1/s1. The first-order valence-electron chi connectivity index (χ1n) is 8.53. The zero-order valence-electron chi connectivity index (χ0n) is 15.1. The van der Waals surface area contributed by atoms with Crippen LogP contribution in [-0.2, 0) is 14.3 Å². The maximum Gasteiger partial charge on any atom is 0.329 e. The number of nitrogens with zero attached hydrogens (tertiary/aromatic N) is 1. The average Bonchev–Trinajstić information content (AvgIpc) is 2.93. The molecule has 0 radical (unpaired) electrons. The number of imide groups is 1. The molecular formula is C20H17FN2O5. The zero-order chi connectivity index (χ0) is 20.4. The number of ether oxygens (including phenoxy) is 1. The van der Waals surface area contributed by atoms with Crippen LogP contribution in [0.15, 0.2) is 48.5 Å². The molecule has 0 spiro atoms. The van der Waals surface area contributed by atoms with Crippen molar-refractivity contribution in [3.05, 3.63) is 65.5 Å². The van der Waals surface area contributed by atoms with Crippen LogP contribution in [0.1, 0.15) is 34.6 Å². The minimum absolute atomic E-state index is 0.217. The number of benzene rings is 2. The quantitative estimate of drug-likeness (QED) is 0.631. The van der Waals surface area contributed by atoms with Crippen LogP contribution in [0.25, 0.3) is 0 Å². The number of amides is 3. The normalized spacial score (nSPS) is 15.0. The molecule has 2 aromatic carbocycles. The van der Waals surface area contributed by atoms with Gasteiger partial charge in [0.15, 0.2) is 6.10 Å². The van der Waals surface area contributed by atoms with E-state index < -0.39 is 41.7 Å². The molecule has 0 saturated heterocycles. The van der Waals surface area contributed by atoms with Gasteiger partial charge in [0, 0.05) is 5.69 Å². The van der Waals surface area contributed by atoms with Crippen LogP contribution < -0.4 is 5.32 Å². The Bertz CT molecular complexity index is 922. The Morgan fingerprint density at radius 2 is 1.50 bits per heavy atom. The number of carbonyl (C=O) groups excluding carboxylic acids is 4. The molecule has 3 rings (SSSR count). The maximum atomic E-state index is 12.9. The molecule has 0 saturated carbocycles. The van der Waals surface area contributed by atoms with Gasteiger partial charge in [-0.25, -0.2) is 9.18 Å². The van der Waals surface area contributed by atoms with E-state index in [0.29, 0.717) is 5.69 Å². The third kappa shape index (κ3) is 3.62. The number of hydrogen-bond donors (Lipinski definition) is 1. The van der Waals surface area contributed by atoms with E-state index in [9.17, 15) is 23.6 Å². The van der Waals surface area contributed by atoms with Crippen LogP contribution in [0, 0.1) is 5.82 Å². The molecule has 28 heavy (non-hydrogen) atoms. The zero-order valence-corrected chi connectivity index (χ0v) is 15.1. The molecule has 0 fully saturated rings. The fourth-order valence-corrected chi connectivity index (χ4v) is 2.77. The molecular weight excluding hydrogens is 367 g/mol. The molecule has 3 amide bonds. The molecule has 8 heteroatoms. The van der Waals surface area contributed by atoms with Gasteiger partial charge < -0.3 is 10.1 Å². The number of nitrogens with one attached hydrogen (secondary N) is 1. The Kier molecular flexibility index (Phi) is 5.21. The summed E-state index contributed by atoms with van der Waals surface area (Å²) in [5.41, 5.74) is 0.770. The molecule has 2 aromatic rings. The number of esters is 1. The van der Waals surface area contributed by atoms with E-state index in [1.165, 1.54) is 50.2 Å². The maximum absolute atomic E-state index is 12.9. The van der Waals surface area contributed by atoms with Gasteiger partial charge in [0.2, 0.25) is 0 Å². The summed E-state index contributed by atoms with van der Waals surface area (Å²) in [6.45, 7) is 2.71.